The number of benzene rings is 1. The summed E-state index contributed by atoms with van der Waals surface area (Å²) < 4.78 is 29.7. The minimum Gasteiger partial charge on any atom is -0.463 e. The molecule has 0 aliphatic carbocycles. The largest absolute Gasteiger partial charge is 0.463 e. The van der Waals surface area contributed by atoms with Crippen LogP contribution in [0.25, 0.3) is 11.5 Å². The first-order valence-electron chi connectivity index (χ1n) is 7.94. The fraction of sp³-hybridized carbons (Fsp3) is 0.167. The number of nitrogens with zero attached hydrogens (tertiary/aromatic N) is 2. The van der Waals surface area contributed by atoms with Crippen molar-refractivity contribution in [3.05, 3.63) is 66.8 Å². The summed E-state index contributed by atoms with van der Waals surface area (Å²) in [6, 6.07) is 11.6. The molecule has 0 saturated carbocycles. The monoisotopic (exact) mass is 371 g/mol. The second-order valence-corrected chi connectivity index (χ2v) is 7.60. The molecule has 0 saturated heterocycles. The standard InChI is InChI=1S/C18H17N3O4S/c22-17(8-12-26(23,24)14-5-2-1-3-6-14)21-13-15-18(20-10-9-19-15)16-7-4-11-25-16/h1-7,9-11H,8,12-13H2,(H,21,22). The highest BCUT2D eigenvalue weighted by Gasteiger charge is 2.17. The Labute approximate surface area is 151 Å². The fourth-order valence-corrected chi connectivity index (χ4v) is 3.62. The van der Waals surface area contributed by atoms with Gasteiger partial charge >= 0.3 is 0 Å². The smallest absolute Gasteiger partial charge is 0.221 e. The van der Waals surface area contributed by atoms with E-state index in [2.05, 4.69) is 15.3 Å². The van der Waals surface area contributed by atoms with Crippen LogP contribution in [0.5, 0.6) is 0 Å². The highest BCUT2D eigenvalue weighted by Crippen LogP contribution is 2.19. The Kier molecular flexibility index (Phi) is 5.43. The summed E-state index contributed by atoms with van der Waals surface area (Å²) in [6.45, 7) is 0.133. The van der Waals surface area contributed by atoms with Crippen molar-refractivity contribution >= 4 is 15.7 Å². The molecule has 8 heteroatoms. The lowest BCUT2D eigenvalue weighted by Gasteiger charge is -2.08. The molecule has 0 bridgehead atoms. The Balaban J connectivity index is 1.59. The van der Waals surface area contributed by atoms with Crippen LogP contribution >= 0.6 is 0 Å². The predicted octanol–water partition coefficient (Wildman–Crippen LogP) is 2.22. The summed E-state index contributed by atoms with van der Waals surface area (Å²) in [5.74, 6) is -0.0801. The van der Waals surface area contributed by atoms with E-state index in [-0.39, 0.29) is 29.5 Å². The summed E-state index contributed by atoms with van der Waals surface area (Å²) >= 11 is 0. The van der Waals surface area contributed by atoms with Crippen LogP contribution in [0, 0.1) is 0 Å². The summed E-state index contributed by atoms with van der Waals surface area (Å²) in [6.07, 6.45) is 4.46. The number of sulfone groups is 1. The molecule has 3 rings (SSSR count). The summed E-state index contributed by atoms with van der Waals surface area (Å²) in [4.78, 5) is 20.7. The zero-order valence-corrected chi connectivity index (χ0v) is 14.6. The molecule has 1 aromatic carbocycles. The van der Waals surface area contributed by atoms with Gasteiger partial charge in [-0.1, -0.05) is 18.2 Å². The number of amides is 1. The molecule has 134 valence electrons. The van der Waals surface area contributed by atoms with E-state index < -0.39 is 9.84 Å². The minimum atomic E-state index is -3.49. The van der Waals surface area contributed by atoms with Gasteiger partial charge in [0.2, 0.25) is 5.91 Å². The topological polar surface area (TPSA) is 102 Å². The van der Waals surface area contributed by atoms with Gasteiger partial charge in [-0.15, -0.1) is 0 Å². The number of rotatable bonds is 7. The lowest BCUT2D eigenvalue weighted by Crippen LogP contribution is -2.26. The molecular formula is C18H17N3O4S. The Morgan fingerprint density at radius 3 is 2.54 bits per heavy atom. The van der Waals surface area contributed by atoms with Crippen molar-refractivity contribution in [2.24, 2.45) is 0 Å². The molecular weight excluding hydrogens is 354 g/mol. The lowest BCUT2D eigenvalue weighted by molar-refractivity contribution is -0.120. The molecule has 7 nitrogen and oxygen atoms in total. The van der Waals surface area contributed by atoms with Crippen LogP contribution in [0.4, 0.5) is 0 Å². The van der Waals surface area contributed by atoms with Crippen LogP contribution in [0.2, 0.25) is 0 Å². The number of carbonyl (C=O) groups excluding carboxylic acids is 1. The van der Waals surface area contributed by atoms with E-state index >= 15 is 0 Å². The van der Waals surface area contributed by atoms with Crippen LogP contribution in [0.1, 0.15) is 12.1 Å². The maximum atomic E-state index is 12.2. The van der Waals surface area contributed by atoms with E-state index in [9.17, 15) is 13.2 Å². The average Bonchev–Trinajstić information content (AvgIpc) is 3.20. The number of hydrogen-bond donors (Lipinski definition) is 1. The predicted molar refractivity (Wildman–Crippen MR) is 94.7 cm³/mol. The van der Waals surface area contributed by atoms with Crippen LogP contribution in [0.15, 0.2) is 70.4 Å². The van der Waals surface area contributed by atoms with Crippen LogP contribution in [-0.4, -0.2) is 30.0 Å². The van der Waals surface area contributed by atoms with Gasteiger partial charge in [0.05, 0.1) is 29.2 Å². The van der Waals surface area contributed by atoms with Gasteiger partial charge in [-0.25, -0.2) is 13.4 Å². The average molecular weight is 371 g/mol. The second kappa shape index (κ2) is 7.92. The Bertz CT molecular complexity index is 971. The van der Waals surface area contributed by atoms with E-state index in [1.54, 1.807) is 30.3 Å². The first-order valence-corrected chi connectivity index (χ1v) is 9.60. The van der Waals surface area contributed by atoms with Crippen molar-refractivity contribution in [1.29, 1.82) is 0 Å². The number of aromatic nitrogens is 2. The van der Waals surface area contributed by atoms with Gasteiger partial charge in [0.15, 0.2) is 15.6 Å². The van der Waals surface area contributed by atoms with Crippen molar-refractivity contribution < 1.29 is 17.6 Å². The van der Waals surface area contributed by atoms with E-state index in [1.807, 2.05) is 0 Å². The zero-order valence-electron chi connectivity index (χ0n) is 13.8. The van der Waals surface area contributed by atoms with Crippen LogP contribution in [0.3, 0.4) is 0 Å². The molecule has 2 heterocycles. The van der Waals surface area contributed by atoms with Crippen molar-refractivity contribution in [2.75, 3.05) is 5.75 Å². The molecule has 1 N–H and O–H groups in total. The highest BCUT2D eigenvalue weighted by molar-refractivity contribution is 7.91. The molecule has 0 fully saturated rings. The van der Waals surface area contributed by atoms with Crippen molar-refractivity contribution in [3.63, 3.8) is 0 Å². The van der Waals surface area contributed by atoms with Gasteiger partial charge in [-0.2, -0.15) is 0 Å². The highest BCUT2D eigenvalue weighted by atomic mass is 32.2. The Morgan fingerprint density at radius 1 is 1.04 bits per heavy atom. The van der Waals surface area contributed by atoms with E-state index in [0.29, 0.717) is 17.1 Å². The quantitative estimate of drug-likeness (QED) is 0.683. The first-order chi connectivity index (χ1) is 12.6. The molecule has 0 spiro atoms. The van der Waals surface area contributed by atoms with Gasteiger partial charge in [0.25, 0.3) is 0 Å². The van der Waals surface area contributed by atoms with Gasteiger partial charge < -0.3 is 9.73 Å². The molecule has 0 unspecified atom stereocenters. The van der Waals surface area contributed by atoms with Crippen LogP contribution < -0.4 is 5.32 Å². The van der Waals surface area contributed by atoms with Crippen molar-refractivity contribution in [3.8, 4) is 11.5 Å². The molecule has 0 radical (unpaired) electrons. The molecule has 0 aliphatic rings. The molecule has 1 amide bonds. The van der Waals surface area contributed by atoms with E-state index in [4.69, 9.17) is 4.42 Å². The molecule has 2 aromatic heterocycles. The van der Waals surface area contributed by atoms with Gasteiger partial charge in [-0.05, 0) is 24.3 Å². The number of hydrogen-bond acceptors (Lipinski definition) is 6. The molecule has 26 heavy (non-hydrogen) atoms. The third kappa shape index (κ3) is 4.34. The maximum Gasteiger partial charge on any atom is 0.221 e. The molecule has 0 aliphatic heterocycles. The maximum absolute atomic E-state index is 12.2. The van der Waals surface area contributed by atoms with E-state index in [0.717, 1.165) is 0 Å². The van der Waals surface area contributed by atoms with Crippen LogP contribution in [-0.2, 0) is 21.2 Å². The zero-order chi connectivity index (χ0) is 18.4. The van der Waals surface area contributed by atoms with Gasteiger partial charge in [0.1, 0.15) is 5.69 Å². The second-order valence-electron chi connectivity index (χ2n) is 5.49. The van der Waals surface area contributed by atoms with Crippen molar-refractivity contribution in [2.45, 2.75) is 17.9 Å². The van der Waals surface area contributed by atoms with Gasteiger partial charge in [0, 0.05) is 18.8 Å². The first kappa shape index (κ1) is 17.8. The Morgan fingerprint density at radius 2 is 1.81 bits per heavy atom. The third-order valence-electron chi connectivity index (χ3n) is 3.68. The SMILES string of the molecule is O=C(CCS(=O)(=O)c1ccccc1)NCc1nccnc1-c1ccco1. The summed E-state index contributed by atoms with van der Waals surface area (Å²) in [5, 5.41) is 2.68. The minimum absolute atomic E-state index is 0.131. The third-order valence-corrected chi connectivity index (χ3v) is 5.41. The number of nitrogens with one attached hydrogen (secondary N) is 1. The fourth-order valence-electron chi connectivity index (χ4n) is 2.36. The Hall–Kier alpha value is -3.00. The summed E-state index contributed by atoms with van der Waals surface area (Å²) in [5.41, 5.74) is 1.08. The number of carbonyl (C=O) groups is 1. The normalized spacial score (nSPS) is 11.2. The lowest BCUT2D eigenvalue weighted by atomic mass is 10.2. The van der Waals surface area contributed by atoms with Gasteiger partial charge in [-0.3, -0.25) is 9.78 Å². The molecule has 3 aromatic rings. The van der Waals surface area contributed by atoms with E-state index in [1.165, 1.54) is 30.8 Å². The summed E-state index contributed by atoms with van der Waals surface area (Å²) in [7, 11) is -3.49. The molecule has 0 atom stereocenters. The van der Waals surface area contributed by atoms with Crippen molar-refractivity contribution in [1.82, 2.24) is 15.3 Å². The number of furan rings is 1.